The van der Waals surface area contributed by atoms with E-state index in [0.717, 1.165) is 13.1 Å². The van der Waals surface area contributed by atoms with Crippen molar-refractivity contribution < 1.29 is 0 Å². The Morgan fingerprint density at radius 3 is 2.62 bits per heavy atom. The molecule has 0 aromatic carbocycles. The Hall–Kier alpha value is -0.680. The minimum Gasteiger partial charge on any atom is -0.322 e. The largest absolute Gasteiger partial charge is 0.322 e. The number of nitrogens with two attached hydrogens (primary N) is 1. The summed E-state index contributed by atoms with van der Waals surface area (Å²) in [5.74, 6) is 0. The van der Waals surface area contributed by atoms with E-state index in [1.165, 1.54) is 9.75 Å². The molecule has 0 aliphatic heterocycles. The van der Waals surface area contributed by atoms with E-state index in [9.17, 15) is 0 Å². The summed E-state index contributed by atoms with van der Waals surface area (Å²) in [5, 5.41) is 4.19. The maximum absolute atomic E-state index is 6.14. The van der Waals surface area contributed by atoms with Gasteiger partial charge in [-0.3, -0.25) is 4.90 Å². The zero-order chi connectivity index (χ0) is 11.4. The molecule has 16 heavy (non-hydrogen) atoms. The summed E-state index contributed by atoms with van der Waals surface area (Å²) >= 11 is 3.53. The van der Waals surface area contributed by atoms with E-state index in [-0.39, 0.29) is 6.04 Å². The van der Waals surface area contributed by atoms with Gasteiger partial charge < -0.3 is 5.73 Å². The van der Waals surface area contributed by atoms with Crippen LogP contribution < -0.4 is 5.73 Å². The predicted molar refractivity (Wildman–Crippen MR) is 71.9 cm³/mol. The molecular weight excluding hydrogens is 236 g/mol. The van der Waals surface area contributed by atoms with Crippen LogP contribution >= 0.6 is 22.7 Å². The van der Waals surface area contributed by atoms with E-state index in [4.69, 9.17) is 5.73 Å². The minimum absolute atomic E-state index is 0.130. The average molecular weight is 252 g/mol. The first-order valence-electron chi connectivity index (χ1n) is 5.25. The quantitative estimate of drug-likeness (QED) is 0.886. The lowest BCUT2D eigenvalue weighted by molar-refractivity contribution is 0.309. The highest BCUT2D eigenvalue weighted by atomic mass is 32.1. The summed E-state index contributed by atoms with van der Waals surface area (Å²) < 4.78 is 0. The molecule has 0 aliphatic carbocycles. The van der Waals surface area contributed by atoms with Gasteiger partial charge in [0.1, 0.15) is 0 Å². The van der Waals surface area contributed by atoms with Crippen LogP contribution in [0.3, 0.4) is 0 Å². The third-order valence-electron chi connectivity index (χ3n) is 2.42. The summed E-state index contributed by atoms with van der Waals surface area (Å²) in [4.78, 5) is 4.93. The van der Waals surface area contributed by atoms with Crippen LogP contribution in [0.25, 0.3) is 0 Å². The molecule has 0 saturated heterocycles. The first kappa shape index (κ1) is 11.8. The van der Waals surface area contributed by atoms with Gasteiger partial charge in [0.15, 0.2) is 0 Å². The van der Waals surface area contributed by atoms with Crippen molar-refractivity contribution in [3.05, 3.63) is 44.8 Å². The highest BCUT2D eigenvalue weighted by Gasteiger charge is 2.10. The van der Waals surface area contributed by atoms with Gasteiger partial charge in [-0.2, -0.15) is 0 Å². The number of hydrogen-bond donors (Lipinski definition) is 1. The number of rotatable bonds is 5. The van der Waals surface area contributed by atoms with Gasteiger partial charge in [-0.1, -0.05) is 12.1 Å². The van der Waals surface area contributed by atoms with Crippen molar-refractivity contribution in [3.8, 4) is 0 Å². The molecule has 1 atom stereocenters. The minimum atomic E-state index is 0.130. The summed E-state index contributed by atoms with van der Waals surface area (Å²) in [5.41, 5.74) is 6.14. The first-order chi connectivity index (χ1) is 7.75. The Balaban J connectivity index is 1.85. The van der Waals surface area contributed by atoms with Gasteiger partial charge >= 0.3 is 0 Å². The smallest absolute Gasteiger partial charge is 0.0519 e. The zero-order valence-electron chi connectivity index (χ0n) is 9.30. The molecule has 1 unspecified atom stereocenters. The Kier molecular flexibility index (Phi) is 4.12. The van der Waals surface area contributed by atoms with Crippen LogP contribution in [0.1, 0.15) is 15.8 Å². The van der Waals surface area contributed by atoms with Crippen LogP contribution in [0.15, 0.2) is 35.0 Å². The molecule has 0 bridgehead atoms. The Morgan fingerprint density at radius 2 is 2.00 bits per heavy atom. The van der Waals surface area contributed by atoms with Gasteiger partial charge in [-0.25, -0.2) is 0 Å². The molecular formula is C12H16N2S2. The molecule has 2 nitrogen and oxygen atoms in total. The van der Waals surface area contributed by atoms with Crippen LogP contribution in [0, 0.1) is 0 Å². The van der Waals surface area contributed by atoms with Gasteiger partial charge in [0.05, 0.1) is 6.04 Å². The number of nitrogens with zero attached hydrogens (tertiary/aromatic N) is 1. The third-order valence-corrected chi connectivity index (χ3v) is 4.29. The summed E-state index contributed by atoms with van der Waals surface area (Å²) in [7, 11) is 2.12. The monoisotopic (exact) mass is 252 g/mol. The fourth-order valence-electron chi connectivity index (χ4n) is 1.66. The second kappa shape index (κ2) is 5.59. The molecule has 0 fully saturated rings. The fourth-order valence-corrected chi connectivity index (χ4v) is 3.17. The SMILES string of the molecule is CN(Cc1cccs1)CC(N)c1cccs1. The molecule has 86 valence electrons. The molecule has 0 spiro atoms. The van der Waals surface area contributed by atoms with Crippen LogP contribution in [-0.2, 0) is 6.54 Å². The average Bonchev–Trinajstić information content (AvgIpc) is 2.88. The van der Waals surface area contributed by atoms with Crippen molar-refractivity contribution in [1.29, 1.82) is 0 Å². The van der Waals surface area contributed by atoms with Gasteiger partial charge in [-0.15, -0.1) is 22.7 Å². The van der Waals surface area contributed by atoms with Crippen molar-refractivity contribution in [2.24, 2.45) is 5.73 Å². The van der Waals surface area contributed by atoms with E-state index < -0.39 is 0 Å². The molecule has 4 heteroatoms. The van der Waals surface area contributed by atoms with Gasteiger partial charge in [0, 0.05) is 22.8 Å². The topological polar surface area (TPSA) is 29.3 Å². The second-order valence-electron chi connectivity index (χ2n) is 3.90. The van der Waals surface area contributed by atoms with Crippen LogP contribution in [0.2, 0.25) is 0 Å². The molecule has 2 aromatic heterocycles. The predicted octanol–water partition coefficient (Wildman–Crippen LogP) is 2.94. The number of hydrogen-bond acceptors (Lipinski definition) is 4. The van der Waals surface area contributed by atoms with Crippen molar-refractivity contribution in [2.75, 3.05) is 13.6 Å². The maximum atomic E-state index is 6.14. The van der Waals surface area contributed by atoms with Gasteiger partial charge in [0.25, 0.3) is 0 Å². The van der Waals surface area contributed by atoms with Crippen LogP contribution in [-0.4, -0.2) is 18.5 Å². The normalized spacial score (nSPS) is 13.2. The Morgan fingerprint density at radius 1 is 1.25 bits per heavy atom. The fraction of sp³-hybridized carbons (Fsp3) is 0.333. The standard InChI is InChI=1S/C12H16N2S2/c1-14(8-10-4-2-6-15-10)9-11(13)12-5-3-7-16-12/h2-7,11H,8-9,13H2,1H3. The van der Waals surface area contributed by atoms with E-state index in [2.05, 4.69) is 47.0 Å². The second-order valence-corrected chi connectivity index (χ2v) is 5.91. The molecule has 2 N–H and O–H groups in total. The molecule has 2 heterocycles. The van der Waals surface area contributed by atoms with Crippen molar-refractivity contribution >= 4 is 22.7 Å². The summed E-state index contributed by atoms with van der Waals surface area (Å²) in [6.45, 7) is 1.88. The zero-order valence-corrected chi connectivity index (χ0v) is 10.9. The number of thiophene rings is 2. The highest BCUT2D eigenvalue weighted by Crippen LogP contribution is 2.18. The van der Waals surface area contributed by atoms with Gasteiger partial charge in [-0.05, 0) is 29.9 Å². The molecule has 2 rings (SSSR count). The van der Waals surface area contributed by atoms with Crippen LogP contribution in [0.5, 0.6) is 0 Å². The molecule has 0 aliphatic rings. The van der Waals surface area contributed by atoms with E-state index in [1.807, 2.05) is 0 Å². The molecule has 0 saturated carbocycles. The molecule has 0 amide bonds. The van der Waals surface area contributed by atoms with Gasteiger partial charge in [0.2, 0.25) is 0 Å². The lowest BCUT2D eigenvalue weighted by Gasteiger charge is -2.19. The Bertz CT molecular complexity index is 395. The third kappa shape index (κ3) is 3.15. The van der Waals surface area contributed by atoms with E-state index >= 15 is 0 Å². The highest BCUT2D eigenvalue weighted by molar-refractivity contribution is 7.10. The Labute approximate surface area is 104 Å². The summed E-state index contributed by atoms with van der Waals surface area (Å²) in [6.07, 6.45) is 0. The number of likely N-dealkylation sites (N-methyl/N-ethyl adjacent to an activating group) is 1. The van der Waals surface area contributed by atoms with Crippen LogP contribution in [0.4, 0.5) is 0 Å². The van der Waals surface area contributed by atoms with Crippen molar-refractivity contribution in [2.45, 2.75) is 12.6 Å². The van der Waals surface area contributed by atoms with E-state index in [1.54, 1.807) is 22.7 Å². The lowest BCUT2D eigenvalue weighted by atomic mass is 10.2. The lowest BCUT2D eigenvalue weighted by Crippen LogP contribution is -2.27. The van der Waals surface area contributed by atoms with E-state index in [0.29, 0.717) is 0 Å². The molecule has 0 radical (unpaired) electrons. The van der Waals surface area contributed by atoms with Crippen molar-refractivity contribution in [3.63, 3.8) is 0 Å². The van der Waals surface area contributed by atoms with Crippen molar-refractivity contribution in [1.82, 2.24) is 4.90 Å². The molecule has 2 aromatic rings. The maximum Gasteiger partial charge on any atom is 0.0519 e. The summed E-state index contributed by atoms with van der Waals surface area (Å²) in [6, 6.07) is 8.54. The first-order valence-corrected chi connectivity index (χ1v) is 7.01.